The Morgan fingerprint density at radius 1 is 1.24 bits per heavy atom. The Morgan fingerprint density at radius 2 is 1.86 bits per heavy atom. The first-order valence-electron chi connectivity index (χ1n) is 8.27. The summed E-state index contributed by atoms with van der Waals surface area (Å²) in [5.41, 5.74) is 0. The van der Waals surface area contributed by atoms with Crippen LogP contribution in [0.2, 0.25) is 0 Å². The van der Waals surface area contributed by atoms with Crippen molar-refractivity contribution in [1.29, 1.82) is 0 Å². The van der Waals surface area contributed by atoms with E-state index in [4.69, 9.17) is 0 Å². The minimum Gasteiger partial charge on any atom is -0.481 e. The summed E-state index contributed by atoms with van der Waals surface area (Å²) in [5, 5.41) is 12.3. The van der Waals surface area contributed by atoms with Gasteiger partial charge < -0.3 is 10.4 Å². The first kappa shape index (κ1) is 16.3. The van der Waals surface area contributed by atoms with E-state index in [1.165, 1.54) is 12.8 Å². The number of aliphatic carboxylic acids is 1. The van der Waals surface area contributed by atoms with Gasteiger partial charge in [-0.3, -0.25) is 14.5 Å². The molecule has 0 aromatic carbocycles. The molecular formula is C16H28N2O3. The molecule has 2 fully saturated rings. The Morgan fingerprint density at radius 3 is 2.43 bits per heavy atom. The normalized spacial score (nSPS) is 31.2. The Labute approximate surface area is 127 Å². The maximum absolute atomic E-state index is 12.3. The predicted octanol–water partition coefficient (Wildman–Crippen LogP) is 1.72. The van der Waals surface area contributed by atoms with Gasteiger partial charge in [0.15, 0.2) is 0 Å². The summed E-state index contributed by atoms with van der Waals surface area (Å²) in [5.74, 6) is -1.36. The van der Waals surface area contributed by atoms with Crippen molar-refractivity contribution in [3.05, 3.63) is 0 Å². The number of likely N-dealkylation sites (tertiary alicyclic amines) is 1. The fourth-order valence-corrected chi connectivity index (χ4v) is 3.73. The number of nitrogens with one attached hydrogen (secondary N) is 1. The number of carboxylic acids is 1. The van der Waals surface area contributed by atoms with Crippen LogP contribution in [-0.4, -0.2) is 47.6 Å². The molecule has 1 aliphatic carbocycles. The molecule has 1 saturated carbocycles. The van der Waals surface area contributed by atoms with E-state index in [0.29, 0.717) is 24.9 Å². The lowest BCUT2D eigenvalue weighted by molar-refractivity contribution is -0.146. The Bertz CT molecular complexity index is 380. The summed E-state index contributed by atoms with van der Waals surface area (Å²) in [6.07, 6.45) is 4.79. The molecule has 120 valence electrons. The third-order valence-corrected chi connectivity index (χ3v) is 5.23. The molecule has 21 heavy (non-hydrogen) atoms. The molecule has 5 heteroatoms. The zero-order valence-corrected chi connectivity index (χ0v) is 13.2. The van der Waals surface area contributed by atoms with E-state index in [1.54, 1.807) is 0 Å². The number of hydrogen-bond acceptors (Lipinski definition) is 3. The van der Waals surface area contributed by atoms with E-state index in [0.717, 1.165) is 25.9 Å². The van der Waals surface area contributed by atoms with Crippen molar-refractivity contribution in [1.82, 2.24) is 10.2 Å². The van der Waals surface area contributed by atoms with E-state index in [9.17, 15) is 14.7 Å². The van der Waals surface area contributed by atoms with Crippen LogP contribution in [0.25, 0.3) is 0 Å². The van der Waals surface area contributed by atoms with Crippen LogP contribution in [0.4, 0.5) is 0 Å². The molecule has 5 nitrogen and oxygen atoms in total. The standard InChI is InChI=1S/C16H28N2O3/c1-3-12-8-13(14(9-12)16(20)21)15(19)17-10-11(2)18-6-4-5-7-18/h11-14H,3-10H2,1-2H3,(H,17,19)(H,20,21). The molecule has 2 N–H and O–H groups in total. The van der Waals surface area contributed by atoms with Gasteiger partial charge in [0.05, 0.1) is 11.8 Å². The molecule has 1 saturated heterocycles. The lowest BCUT2D eigenvalue weighted by Crippen LogP contribution is -2.43. The van der Waals surface area contributed by atoms with Crippen molar-refractivity contribution in [3.8, 4) is 0 Å². The Hall–Kier alpha value is -1.10. The van der Waals surface area contributed by atoms with Gasteiger partial charge in [-0.05, 0) is 51.6 Å². The molecular weight excluding hydrogens is 268 g/mol. The van der Waals surface area contributed by atoms with Crippen molar-refractivity contribution < 1.29 is 14.7 Å². The largest absolute Gasteiger partial charge is 0.481 e. The summed E-state index contributed by atoms with van der Waals surface area (Å²) in [4.78, 5) is 26.1. The maximum atomic E-state index is 12.3. The van der Waals surface area contributed by atoms with Crippen LogP contribution in [0.1, 0.15) is 46.0 Å². The summed E-state index contributed by atoms with van der Waals surface area (Å²) < 4.78 is 0. The van der Waals surface area contributed by atoms with Crippen molar-refractivity contribution in [3.63, 3.8) is 0 Å². The van der Waals surface area contributed by atoms with Gasteiger partial charge >= 0.3 is 5.97 Å². The van der Waals surface area contributed by atoms with Crippen LogP contribution in [0.15, 0.2) is 0 Å². The zero-order valence-electron chi connectivity index (χ0n) is 13.2. The first-order chi connectivity index (χ1) is 10.0. The van der Waals surface area contributed by atoms with Gasteiger partial charge in [-0.25, -0.2) is 0 Å². The van der Waals surface area contributed by atoms with Crippen LogP contribution < -0.4 is 5.32 Å². The van der Waals surface area contributed by atoms with E-state index in [2.05, 4.69) is 24.1 Å². The fraction of sp³-hybridized carbons (Fsp3) is 0.875. The van der Waals surface area contributed by atoms with E-state index in [1.807, 2.05) is 0 Å². The molecule has 1 aliphatic heterocycles. The van der Waals surface area contributed by atoms with Crippen LogP contribution in [0.3, 0.4) is 0 Å². The second kappa shape index (κ2) is 7.25. The average Bonchev–Trinajstić information content (AvgIpc) is 3.12. The molecule has 4 unspecified atom stereocenters. The van der Waals surface area contributed by atoms with Gasteiger partial charge in [-0.2, -0.15) is 0 Å². The average molecular weight is 296 g/mol. The van der Waals surface area contributed by atoms with Gasteiger partial charge in [0.1, 0.15) is 0 Å². The second-order valence-corrected chi connectivity index (χ2v) is 6.63. The zero-order chi connectivity index (χ0) is 15.4. The minimum atomic E-state index is -0.821. The summed E-state index contributed by atoms with van der Waals surface area (Å²) in [6, 6.07) is 0.336. The molecule has 1 amide bonds. The van der Waals surface area contributed by atoms with Crippen molar-refractivity contribution in [2.75, 3.05) is 19.6 Å². The van der Waals surface area contributed by atoms with Gasteiger partial charge in [0, 0.05) is 12.6 Å². The molecule has 0 bridgehead atoms. The summed E-state index contributed by atoms with van der Waals surface area (Å²) >= 11 is 0. The Kier molecular flexibility index (Phi) is 5.62. The quantitative estimate of drug-likeness (QED) is 0.783. The second-order valence-electron chi connectivity index (χ2n) is 6.63. The topological polar surface area (TPSA) is 69.6 Å². The number of nitrogens with zero attached hydrogens (tertiary/aromatic N) is 1. The molecule has 2 rings (SSSR count). The highest BCUT2D eigenvalue weighted by atomic mass is 16.4. The SMILES string of the molecule is CCC1CC(C(=O)O)C(C(=O)NCC(C)N2CCCC2)C1. The van der Waals surface area contributed by atoms with Gasteiger partial charge in [-0.1, -0.05) is 13.3 Å². The third-order valence-electron chi connectivity index (χ3n) is 5.23. The molecule has 0 aromatic heterocycles. The first-order valence-corrected chi connectivity index (χ1v) is 8.27. The van der Waals surface area contributed by atoms with E-state index in [-0.39, 0.29) is 11.8 Å². The van der Waals surface area contributed by atoms with E-state index >= 15 is 0 Å². The van der Waals surface area contributed by atoms with Crippen LogP contribution in [0.5, 0.6) is 0 Å². The van der Waals surface area contributed by atoms with Crippen LogP contribution in [0, 0.1) is 17.8 Å². The number of rotatable bonds is 6. The van der Waals surface area contributed by atoms with Crippen molar-refractivity contribution in [2.24, 2.45) is 17.8 Å². The van der Waals surface area contributed by atoms with Crippen molar-refractivity contribution >= 4 is 11.9 Å². The number of carbonyl (C=O) groups excluding carboxylic acids is 1. The van der Waals surface area contributed by atoms with Crippen LogP contribution in [-0.2, 0) is 9.59 Å². The van der Waals surface area contributed by atoms with Crippen LogP contribution >= 0.6 is 0 Å². The van der Waals surface area contributed by atoms with Gasteiger partial charge in [0.2, 0.25) is 5.91 Å². The van der Waals surface area contributed by atoms with Crippen molar-refractivity contribution in [2.45, 2.75) is 52.0 Å². The predicted molar refractivity (Wildman–Crippen MR) is 80.9 cm³/mol. The van der Waals surface area contributed by atoms with Gasteiger partial charge in [-0.15, -0.1) is 0 Å². The highest BCUT2D eigenvalue weighted by Crippen LogP contribution is 2.38. The lowest BCUT2D eigenvalue weighted by Gasteiger charge is -2.25. The summed E-state index contributed by atoms with van der Waals surface area (Å²) in [6.45, 7) is 7.04. The molecule has 1 heterocycles. The number of carboxylic acid groups (broad SMARTS) is 1. The minimum absolute atomic E-state index is 0.0654. The number of hydrogen-bond donors (Lipinski definition) is 2. The van der Waals surface area contributed by atoms with Gasteiger partial charge in [0.25, 0.3) is 0 Å². The lowest BCUT2D eigenvalue weighted by atomic mass is 9.95. The molecule has 0 spiro atoms. The molecule has 0 radical (unpaired) electrons. The maximum Gasteiger partial charge on any atom is 0.307 e. The highest BCUT2D eigenvalue weighted by Gasteiger charge is 2.42. The number of carbonyl (C=O) groups is 2. The molecule has 0 aromatic rings. The fourth-order valence-electron chi connectivity index (χ4n) is 3.73. The highest BCUT2D eigenvalue weighted by molar-refractivity contribution is 5.85. The monoisotopic (exact) mass is 296 g/mol. The molecule has 4 atom stereocenters. The smallest absolute Gasteiger partial charge is 0.307 e. The third kappa shape index (κ3) is 3.96. The Balaban J connectivity index is 1.85. The summed E-state index contributed by atoms with van der Waals surface area (Å²) in [7, 11) is 0. The molecule has 2 aliphatic rings. The number of amides is 1. The van der Waals surface area contributed by atoms with E-state index < -0.39 is 11.9 Å².